The number of nitrogens with one attached hydrogen (secondary N) is 1. The second-order valence-electron chi connectivity index (χ2n) is 8.45. The number of imidazole rings is 1. The molecule has 1 aliphatic heterocycles. The van der Waals surface area contributed by atoms with Gasteiger partial charge in [0.1, 0.15) is 5.82 Å². The predicted molar refractivity (Wildman–Crippen MR) is 120 cm³/mol. The lowest BCUT2D eigenvalue weighted by Crippen LogP contribution is -2.47. The Morgan fingerprint density at radius 3 is 2.14 bits per heavy atom. The SMILES string of the molecule is Fc1ccc(-c2cc(C(F)(F)F)cc3[nH]c(N4CCN(c5ncccc5C(F)(F)F)CC4)nc23)cc1F. The van der Waals surface area contributed by atoms with E-state index in [0.29, 0.717) is 0 Å². The fraction of sp³-hybridized carbons (Fsp3) is 0.250. The Balaban J connectivity index is 1.48. The van der Waals surface area contributed by atoms with Crippen LogP contribution in [0.2, 0.25) is 0 Å². The average molecular weight is 527 g/mol. The van der Waals surface area contributed by atoms with Gasteiger partial charge in [-0.25, -0.2) is 18.7 Å². The molecule has 3 heterocycles. The van der Waals surface area contributed by atoms with Crippen LogP contribution >= 0.6 is 0 Å². The molecule has 5 rings (SSSR count). The largest absolute Gasteiger partial charge is 0.419 e. The lowest BCUT2D eigenvalue weighted by molar-refractivity contribution is -0.138. The number of fused-ring (bicyclic) bond motifs is 1. The lowest BCUT2D eigenvalue weighted by atomic mass is 10.0. The van der Waals surface area contributed by atoms with Crippen molar-refractivity contribution in [2.24, 2.45) is 0 Å². The van der Waals surface area contributed by atoms with Crippen molar-refractivity contribution in [1.82, 2.24) is 15.0 Å². The number of anilines is 2. The van der Waals surface area contributed by atoms with Crippen LogP contribution in [0.3, 0.4) is 0 Å². The molecule has 194 valence electrons. The minimum atomic E-state index is -4.71. The number of benzene rings is 2. The molecular formula is C24H17F8N5. The molecule has 0 atom stereocenters. The molecule has 0 radical (unpaired) electrons. The van der Waals surface area contributed by atoms with Gasteiger partial charge in [-0.2, -0.15) is 26.3 Å². The quantitative estimate of drug-likeness (QED) is 0.319. The van der Waals surface area contributed by atoms with Crippen molar-refractivity contribution in [3.63, 3.8) is 0 Å². The number of piperazine rings is 1. The Morgan fingerprint density at radius 1 is 0.784 bits per heavy atom. The number of halogens is 8. The highest BCUT2D eigenvalue weighted by molar-refractivity contribution is 5.94. The summed E-state index contributed by atoms with van der Waals surface area (Å²) in [6, 6.07) is 6.61. The maximum absolute atomic E-state index is 13.9. The van der Waals surface area contributed by atoms with Gasteiger partial charge in [0.15, 0.2) is 11.6 Å². The number of aromatic amines is 1. The van der Waals surface area contributed by atoms with Gasteiger partial charge in [-0.15, -0.1) is 0 Å². The van der Waals surface area contributed by atoms with E-state index in [9.17, 15) is 35.1 Å². The molecule has 1 fully saturated rings. The van der Waals surface area contributed by atoms with Crippen molar-refractivity contribution in [2.75, 3.05) is 36.0 Å². The Kier molecular flexibility index (Phi) is 5.95. The third kappa shape index (κ3) is 4.77. The zero-order valence-electron chi connectivity index (χ0n) is 18.8. The number of nitrogens with zero attached hydrogens (tertiary/aromatic N) is 4. The summed E-state index contributed by atoms with van der Waals surface area (Å²) in [5.41, 5.74) is -1.77. The van der Waals surface area contributed by atoms with E-state index in [1.54, 1.807) is 4.90 Å². The van der Waals surface area contributed by atoms with Crippen molar-refractivity contribution in [2.45, 2.75) is 12.4 Å². The number of hydrogen-bond acceptors (Lipinski definition) is 4. The third-order valence-electron chi connectivity index (χ3n) is 6.10. The summed E-state index contributed by atoms with van der Waals surface area (Å²) in [4.78, 5) is 14.3. The van der Waals surface area contributed by atoms with Crippen molar-refractivity contribution < 1.29 is 35.1 Å². The molecule has 2 aromatic carbocycles. The van der Waals surface area contributed by atoms with E-state index in [1.165, 1.54) is 17.2 Å². The molecule has 0 bridgehead atoms. The van der Waals surface area contributed by atoms with Gasteiger partial charge in [0.05, 0.1) is 22.2 Å². The molecule has 5 nitrogen and oxygen atoms in total. The van der Waals surface area contributed by atoms with Crippen molar-refractivity contribution in [3.05, 3.63) is 71.4 Å². The van der Waals surface area contributed by atoms with Crippen LogP contribution in [0.4, 0.5) is 46.9 Å². The van der Waals surface area contributed by atoms with Crippen LogP contribution in [0.5, 0.6) is 0 Å². The molecule has 2 aromatic heterocycles. The van der Waals surface area contributed by atoms with Crippen molar-refractivity contribution in [1.29, 1.82) is 0 Å². The normalized spacial score (nSPS) is 15.0. The molecule has 0 aliphatic carbocycles. The Morgan fingerprint density at radius 2 is 1.49 bits per heavy atom. The van der Waals surface area contributed by atoms with Crippen molar-refractivity contribution in [3.8, 4) is 11.1 Å². The predicted octanol–water partition coefficient (Wildman–Crippen LogP) is 6.27. The monoisotopic (exact) mass is 527 g/mol. The molecular weight excluding hydrogens is 510 g/mol. The maximum atomic E-state index is 13.9. The minimum Gasteiger partial charge on any atom is -0.353 e. The molecule has 0 amide bonds. The van der Waals surface area contributed by atoms with E-state index in [0.717, 1.165) is 36.4 Å². The highest BCUT2D eigenvalue weighted by Crippen LogP contribution is 2.38. The van der Waals surface area contributed by atoms with Crippen LogP contribution in [0.1, 0.15) is 11.1 Å². The first-order valence-electron chi connectivity index (χ1n) is 11.0. The summed E-state index contributed by atoms with van der Waals surface area (Å²) in [6.45, 7) is 0.725. The fourth-order valence-electron chi connectivity index (χ4n) is 4.30. The fourth-order valence-corrected chi connectivity index (χ4v) is 4.30. The van der Waals surface area contributed by atoms with E-state index in [1.807, 2.05) is 0 Å². The van der Waals surface area contributed by atoms with Gasteiger partial charge in [0.25, 0.3) is 0 Å². The van der Waals surface area contributed by atoms with Gasteiger partial charge in [0, 0.05) is 37.9 Å². The molecule has 0 unspecified atom stereocenters. The van der Waals surface area contributed by atoms with Crippen LogP contribution < -0.4 is 9.80 Å². The highest BCUT2D eigenvalue weighted by Gasteiger charge is 2.37. The van der Waals surface area contributed by atoms with E-state index in [-0.39, 0.29) is 60.1 Å². The Bertz CT molecular complexity index is 1450. The number of pyridine rings is 1. The lowest BCUT2D eigenvalue weighted by Gasteiger charge is -2.36. The Labute approximate surface area is 204 Å². The van der Waals surface area contributed by atoms with Gasteiger partial charge < -0.3 is 14.8 Å². The van der Waals surface area contributed by atoms with Gasteiger partial charge in [-0.3, -0.25) is 0 Å². The van der Waals surface area contributed by atoms with E-state index in [2.05, 4.69) is 15.0 Å². The van der Waals surface area contributed by atoms with Crippen LogP contribution in [0, 0.1) is 11.6 Å². The first-order chi connectivity index (χ1) is 17.4. The molecule has 1 saturated heterocycles. The summed E-state index contributed by atoms with van der Waals surface area (Å²) < 4.78 is 108. The number of alkyl halides is 6. The zero-order chi connectivity index (χ0) is 26.5. The molecule has 0 spiro atoms. The summed E-state index contributed by atoms with van der Waals surface area (Å²) in [5, 5.41) is 0. The molecule has 37 heavy (non-hydrogen) atoms. The molecule has 1 N–H and O–H groups in total. The number of aromatic nitrogens is 3. The second-order valence-corrected chi connectivity index (χ2v) is 8.45. The molecule has 0 saturated carbocycles. The minimum absolute atomic E-state index is 0.00713. The van der Waals surface area contributed by atoms with Crippen LogP contribution in [-0.4, -0.2) is 41.1 Å². The van der Waals surface area contributed by atoms with E-state index >= 15 is 0 Å². The number of H-pyrrole nitrogens is 1. The molecule has 1 aliphatic rings. The van der Waals surface area contributed by atoms with E-state index in [4.69, 9.17) is 0 Å². The smallest absolute Gasteiger partial charge is 0.353 e. The van der Waals surface area contributed by atoms with Crippen molar-refractivity contribution >= 4 is 22.8 Å². The summed E-state index contributed by atoms with van der Waals surface area (Å²) in [5.74, 6) is -2.36. The summed E-state index contributed by atoms with van der Waals surface area (Å²) in [7, 11) is 0. The average Bonchev–Trinajstić information content (AvgIpc) is 3.29. The highest BCUT2D eigenvalue weighted by atomic mass is 19.4. The first kappa shape index (κ1) is 24.8. The topological polar surface area (TPSA) is 48.1 Å². The van der Waals surface area contributed by atoms with Crippen LogP contribution in [0.25, 0.3) is 22.2 Å². The standard InChI is InChI=1S/C24H17F8N5/c25-17-4-3-13(10-18(17)26)15-11-14(23(27,28)29)12-19-20(15)35-22(34-19)37-8-6-36(7-9-37)21-16(24(30,31)32)2-1-5-33-21/h1-5,10-12H,6-9H2,(H,34,35). The van der Waals surface area contributed by atoms with E-state index < -0.39 is 35.1 Å². The van der Waals surface area contributed by atoms with Crippen LogP contribution in [-0.2, 0) is 12.4 Å². The second kappa shape index (κ2) is 8.89. The number of hydrogen-bond donors (Lipinski definition) is 1. The molecule has 4 aromatic rings. The van der Waals surface area contributed by atoms with Gasteiger partial charge in [0.2, 0.25) is 5.95 Å². The first-order valence-corrected chi connectivity index (χ1v) is 11.0. The summed E-state index contributed by atoms with van der Waals surface area (Å²) in [6.07, 6.45) is -8.02. The Hall–Kier alpha value is -3.90. The number of rotatable bonds is 3. The zero-order valence-corrected chi connectivity index (χ0v) is 18.8. The van der Waals surface area contributed by atoms with Crippen LogP contribution in [0.15, 0.2) is 48.7 Å². The summed E-state index contributed by atoms with van der Waals surface area (Å²) >= 11 is 0. The van der Waals surface area contributed by atoms with Gasteiger partial charge >= 0.3 is 12.4 Å². The van der Waals surface area contributed by atoms with Gasteiger partial charge in [-0.1, -0.05) is 6.07 Å². The van der Waals surface area contributed by atoms with Gasteiger partial charge in [-0.05, 0) is 42.0 Å². The third-order valence-corrected chi connectivity index (χ3v) is 6.10. The maximum Gasteiger partial charge on any atom is 0.419 e. The molecule has 13 heteroatoms.